The van der Waals surface area contributed by atoms with Gasteiger partial charge in [-0.1, -0.05) is 71.1 Å². The molecule has 0 aromatic heterocycles. The third kappa shape index (κ3) is 15.5. The quantitative estimate of drug-likeness (QED) is 0.222. The molecule has 0 fully saturated rings. The fourth-order valence-corrected chi connectivity index (χ4v) is 2.44. The van der Waals surface area contributed by atoms with Crippen LogP contribution < -0.4 is 0 Å². The Morgan fingerprint density at radius 3 is 1.85 bits per heavy atom. The van der Waals surface area contributed by atoms with Gasteiger partial charge in [0.25, 0.3) is 0 Å². The second kappa shape index (κ2) is 18.1. The van der Waals surface area contributed by atoms with Crippen LogP contribution in [0.2, 0.25) is 0 Å². The third-order valence-electron chi connectivity index (χ3n) is 3.39. The average molecular weight is 331 g/mol. The number of hydrogen-bond acceptors (Lipinski definition) is 3. The number of esters is 1. The summed E-state index contributed by atoms with van der Waals surface area (Å²) in [5, 5.41) is -0.228. The molecule has 2 nitrogen and oxygen atoms in total. The average Bonchev–Trinajstić information content (AvgIpc) is 2.41. The maximum absolute atomic E-state index is 11.3. The van der Waals surface area contributed by atoms with Crippen LogP contribution in [0.4, 0.5) is 0 Å². The molecule has 1 atom stereocenters. The van der Waals surface area contributed by atoms with Crippen LogP contribution in [0.5, 0.6) is 0 Å². The first kappa shape index (κ1) is 23.3. The van der Waals surface area contributed by atoms with E-state index >= 15 is 0 Å². The molecule has 0 aromatic rings. The largest absolute Gasteiger partial charge is 2.00 e. The summed E-state index contributed by atoms with van der Waals surface area (Å²) in [7, 11) is 0. The first-order valence-electron chi connectivity index (χ1n) is 8.07. The van der Waals surface area contributed by atoms with Crippen LogP contribution in [0.15, 0.2) is 0 Å². The van der Waals surface area contributed by atoms with Gasteiger partial charge >= 0.3 is 43.7 Å². The number of ether oxygens (including phenoxy) is 1. The van der Waals surface area contributed by atoms with E-state index in [4.69, 9.17) is 4.74 Å². The fraction of sp³-hybridized carbons (Fsp3) is 0.938. The van der Waals surface area contributed by atoms with E-state index in [1.807, 2.05) is 6.92 Å². The molecule has 0 aliphatic heterocycles. The standard InChI is InChI=1S/C16H32O2S.Ca.2H/c1-3-5-6-7-8-9-10-11-12-13-14-15(19)16(17)18-4-2;;;/h15,19H,3-14H2,1-2H3;;;/q;+2;2*-1. The van der Waals surface area contributed by atoms with Gasteiger partial charge in [0.1, 0.15) is 0 Å². The molecule has 20 heavy (non-hydrogen) atoms. The van der Waals surface area contributed by atoms with Gasteiger partial charge in [0.05, 0.1) is 11.9 Å². The molecule has 0 heterocycles. The molecular formula is C16H34CaO2S. The van der Waals surface area contributed by atoms with Crippen molar-refractivity contribution in [2.24, 2.45) is 0 Å². The zero-order valence-corrected chi connectivity index (χ0v) is 16.6. The van der Waals surface area contributed by atoms with Gasteiger partial charge in [0, 0.05) is 0 Å². The molecule has 118 valence electrons. The minimum Gasteiger partial charge on any atom is -1.00 e. The normalized spacial score (nSPS) is 11.8. The number of thiol groups is 1. The monoisotopic (exact) mass is 330 g/mol. The van der Waals surface area contributed by atoms with Gasteiger partial charge < -0.3 is 7.59 Å². The number of carbonyl (C=O) groups excluding carboxylic acids is 1. The van der Waals surface area contributed by atoms with E-state index in [0.717, 1.165) is 12.8 Å². The summed E-state index contributed by atoms with van der Waals surface area (Å²) in [4.78, 5) is 11.3. The summed E-state index contributed by atoms with van der Waals surface area (Å²) >= 11 is 4.28. The van der Waals surface area contributed by atoms with Crippen molar-refractivity contribution in [3.8, 4) is 0 Å². The molecule has 0 bridgehead atoms. The van der Waals surface area contributed by atoms with Crippen LogP contribution in [0.25, 0.3) is 0 Å². The molecule has 0 aliphatic rings. The Hall–Kier alpha value is 1.08. The number of rotatable bonds is 13. The molecule has 0 N–H and O–H groups in total. The van der Waals surface area contributed by atoms with Crippen molar-refractivity contribution >= 4 is 56.3 Å². The first-order valence-corrected chi connectivity index (χ1v) is 8.58. The van der Waals surface area contributed by atoms with E-state index in [9.17, 15) is 4.79 Å². The van der Waals surface area contributed by atoms with Gasteiger partial charge in [-0.3, -0.25) is 4.79 Å². The summed E-state index contributed by atoms with van der Waals surface area (Å²) in [6.45, 7) is 4.54. The Morgan fingerprint density at radius 1 is 0.950 bits per heavy atom. The number of carbonyl (C=O) groups is 1. The van der Waals surface area contributed by atoms with Crippen molar-refractivity contribution in [2.75, 3.05) is 6.61 Å². The van der Waals surface area contributed by atoms with Gasteiger partial charge in [0.2, 0.25) is 0 Å². The van der Waals surface area contributed by atoms with E-state index in [0.29, 0.717) is 6.61 Å². The van der Waals surface area contributed by atoms with Crippen LogP contribution in [0.1, 0.15) is 87.3 Å². The van der Waals surface area contributed by atoms with Crippen LogP contribution >= 0.6 is 12.6 Å². The van der Waals surface area contributed by atoms with Crippen molar-refractivity contribution in [1.82, 2.24) is 0 Å². The first-order chi connectivity index (χ1) is 9.22. The molecule has 4 heteroatoms. The SMILES string of the molecule is CCCCCCCCCCCCC(S)C(=O)OCC.[Ca+2].[H-].[H-]. The second-order valence-electron chi connectivity index (χ2n) is 5.24. The Balaban J connectivity index is -0.000000540. The van der Waals surface area contributed by atoms with E-state index in [1.54, 1.807) is 0 Å². The molecule has 0 saturated heterocycles. The van der Waals surface area contributed by atoms with Gasteiger partial charge in [-0.2, -0.15) is 12.6 Å². The Morgan fingerprint density at radius 2 is 1.40 bits per heavy atom. The molecule has 0 radical (unpaired) electrons. The topological polar surface area (TPSA) is 26.3 Å². The number of hydrogen-bond donors (Lipinski definition) is 1. The molecule has 0 aliphatic carbocycles. The van der Waals surface area contributed by atoms with Gasteiger partial charge in [0.15, 0.2) is 0 Å². The summed E-state index contributed by atoms with van der Waals surface area (Å²) in [5.74, 6) is -0.165. The Labute approximate surface area is 164 Å². The molecule has 1 unspecified atom stereocenters. The van der Waals surface area contributed by atoms with Crippen molar-refractivity contribution < 1.29 is 12.4 Å². The zero-order chi connectivity index (χ0) is 14.3. The summed E-state index contributed by atoms with van der Waals surface area (Å²) < 4.78 is 4.93. The molecule has 0 amide bonds. The van der Waals surface area contributed by atoms with Gasteiger partial charge in [-0.15, -0.1) is 0 Å². The third-order valence-corrected chi connectivity index (χ3v) is 3.86. The van der Waals surface area contributed by atoms with E-state index in [2.05, 4.69) is 19.6 Å². The predicted molar refractivity (Wildman–Crippen MR) is 93.8 cm³/mol. The van der Waals surface area contributed by atoms with E-state index in [-0.39, 0.29) is 51.8 Å². The molecule has 0 aromatic carbocycles. The van der Waals surface area contributed by atoms with Gasteiger partial charge in [-0.05, 0) is 13.3 Å². The maximum atomic E-state index is 11.3. The second-order valence-corrected chi connectivity index (χ2v) is 5.86. The summed E-state index contributed by atoms with van der Waals surface area (Å²) in [6.07, 6.45) is 14.0. The van der Waals surface area contributed by atoms with Crippen molar-refractivity contribution in [2.45, 2.75) is 89.7 Å². The van der Waals surface area contributed by atoms with E-state index < -0.39 is 0 Å². The molecule has 0 saturated carbocycles. The predicted octanol–water partition coefficient (Wildman–Crippen LogP) is 5.00. The fourth-order valence-electron chi connectivity index (χ4n) is 2.18. The van der Waals surface area contributed by atoms with Crippen LogP contribution in [-0.2, 0) is 9.53 Å². The minimum absolute atomic E-state index is 0. The van der Waals surface area contributed by atoms with Crippen molar-refractivity contribution in [1.29, 1.82) is 0 Å². The Bertz CT molecular complexity index is 222. The summed E-state index contributed by atoms with van der Waals surface area (Å²) in [5.41, 5.74) is 0. The molecule has 0 spiro atoms. The maximum Gasteiger partial charge on any atom is 2.00 e. The van der Waals surface area contributed by atoms with Crippen LogP contribution in [0.3, 0.4) is 0 Å². The van der Waals surface area contributed by atoms with Crippen molar-refractivity contribution in [3.05, 3.63) is 0 Å². The Kier molecular flexibility index (Phi) is 21.2. The zero-order valence-electron chi connectivity index (χ0n) is 15.5. The van der Waals surface area contributed by atoms with Crippen LogP contribution in [-0.4, -0.2) is 55.6 Å². The van der Waals surface area contributed by atoms with Gasteiger partial charge in [-0.25, -0.2) is 0 Å². The summed E-state index contributed by atoms with van der Waals surface area (Å²) in [6, 6.07) is 0. The van der Waals surface area contributed by atoms with E-state index in [1.165, 1.54) is 57.8 Å². The molecular weight excluding hydrogens is 296 g/mol. The molecule has 0 rings (SSSR count). The van der Waals surface area contributed by atoms with Crippen molar-refractivity contribution in [3.63, 3.8) is 0 Å². The number of unbranched alkanes of at least 4 members (excludes halogenated alkanes) is 9. The minimum atomic E-state index is -0.228. The van der Waals surface area contributed by atoms with Crippen LogP contribution in [0, 0.1) is 0 Å². The smallest absolute Gasteiger partial charge is 1.00 e.